The summed E-state index contributed by atoms with van der Waals surface area (Å²) in [6.07, 6.45) is 0. The van der Waals surface area contributed by atoms with Crippen molar-refractivity contribution in [3.8, 4) is 0 Å². The average Bonchev–Trinajstić information content (AvgIpc) is 2.61. The van der Waals surface area contributed by atoms with Gasteiger partial charge in [-0.25, -0.2) is 4.79 Å². The first-order valence-electron chi connectivity index (χ1n) is 8.70. The highest BCUT2D eigenvalue weighted by Gasteiger charge is 2.31. The zero-order valence-corrected chi connectivity index (χ0v) is 15.2. The second kappa shape index (κ2) is 7.44. The Morgan fingerprint density at radius 1 is 1.04 bits per heavy atom. The van der Waals surface area contributed by atoms with Crippen molar-refractivity contribution in [1.82, 2.24) is 10.6 Å². The number of urea groups is 1. The lowest BCUT2D eigenvalue weighted by atomic mass is 9.92. The molecule has 0 aliphatic carbocycles. The number of hydrogen-bond acceptors (Lipinski definition) is 2. The molecule has 26 heavy (non-hydrogen) atoms. The maximum Gasteiger partial charge on any atom is 0.319 e. The Hall–Kier alpha value is -3.08. The van der Waals surface area contributed by atoms with E-state index < -0.39 is 6.04 Å². The van der Waals surface area contributed by atoms with Crippen LogP contribution in [0.5, 0.6) is 0 Å². The summed E-state index contributed by atoms with van der Waals surface area (Å²) in [5.41, 5.74) is 3.86. The Morgan fingerprint density at radius 2 is 1.69 bits per heavy atom. The molecule has 1 heterocycles. The van der Waals surface area contributed by atoms with Crippen LogP contribution in [0.4, 0.5) is 10.5 Å². The first-order valence-corrected chi connectivity index (χ1v) is 8.70. The van der Waals surface area contributed by atoms with E-state index in [1.165, 1.54) is 5.56 Å². The Bertz CT molecular complexity index is 839. The largest absolute Gasteiger partial charge is 0.327 e. The molecule has 1 atom stereocenters. The van der Waals surface area contributed by atoms with Crippen LogP contribution in [0.25, 0.3) is 0 Å². The lowest BCUT2D eigenvalue weighted by Crippen LogP contribution is -2.45. The molecule has 0 saturated heterocycles. The summed E-state index contributed by atoms with van der Waals surface area (Å²) >= 11 is 0. The molecule has 0 saturated carbocycles. The van der Waals surface area contributed by atoms with E-state index in [-0.39, 0.29) is 11.9 Å². The van der Waals surface area contributed by atoms with Gasteiger partial charge in [0.05, 0.1) is 11.6 Å². The molecule has 5 nitrogen and oxygen atoms in total. The van der Waals surface area contributed by atoms with Crippen LogP contribution in [-0.4, -0.2) is 11.9 Å². The SMILES string of the molecule is CC1=C(C(=O)Nc2ccccc2)C(c2ccc(C(C)C)cc2)NC(=O)N1. The van der Waals surface area contributed by atoms with Crippen molar-refractivity contribution >= 4 is 17.6 Å². The van der Waals surface area contributed by atoms with Gasteiger partial charge in [-0.05, 0) is 36.1 Å². The summed E-state index contributed by atoms with van der Waals surface area (Å²) in [7, 11) is 0. The fourth-order valence-electron chi connectivity index (χ4n) is 3.04. The van der Waals surface area contributed by atoms with E-state index in [0.717, 1.165) is 5.56 Å². The Balaban J connectivity index is 1.92. The van der Waals surface area contributed by atoms with Gasteiger partial charge >= 0.3 is 6.03 Å². The minimum absolute atomic E-state index is 0.237. The van der Waals surface area contributed by atoms with Gasteiger partial charge < -0.3 is 16.0 Å². The minimum Gasteiger partial charge on any atom is -0.327 e. The molecule has 0 spiro atoms. The van der Waals surface area contributed by atoms with Gasteiger partial charge in [0.25, 0.3) is 5.91 Å². The highest BCUT2D eigenvalue weighted by molar-refractivity contribution is 6.06. The molecule has 1 aliphatic heterocycles. The molecule has 3 amide bonds. The van der Waals surface area contributed by atoms with E-state index in [4.69, 9.17) is 0 Å². The molecular weight excluding hydrogens is 326 g/mol. The van der Waals surface area contributed by atoms with E-state index in [9.17, 15) is 9.59 Å². The normalized spacial score (nSPS) is 16.9. The van der Waals surface area contributed by atoms with Crippen LogP contribution in [0.3, 0.4) is 0 Å². The van der Waals surface area contributed by atoms with Gasteiger partial charge in [0.15, 0.2) is 0 Å². The van der Waals surface area contributed by atoms with E-state index in [1.807, 2.05) is 54.6 Å². The van der Waals surface area contributed by atoms with Gasteiger partial charge in [-0.15, -0.1) is 0 Å². The molecule has 2 aromatic rings. The first-order chi connectivity index (χ1) is 12.5. The zero-order valence-electron chi connectivity index (χ0n) is 15.2. The van der Waals surface area contributed by atoms with Crippen LogP contribution < -0.4 is 16.0 Å². The molecule has 0 aromatic heterocycles. The number of para-hydroxylation sites is 1. The zero-order chi connectivity index (χ0) is 18.7. The van der Waals surface area contributed by atoms with Crippen molar-refractivity contribution in [3.63, 3.8) is 0 Å². The van der Waals surface area contributed by atoms with Crippen molar-refractivity contribution in [2.75, 3.05) is 5.32 Å². The maximum absolute atomic E-state index is 12.9. The Kier molecular flexibility index (Phi) is 5.07. The van der Waals surface area contributed by atoms with E-state index in [1.54, 1.807) is 6.92 Å². The predicted octanol–water partition coefficient (Wildman–Crippen LogP) is 4.08. The molecule has 0 radical (unpaired) electrons. The van der Waals surface area contributed by atoms with Crippen molar-refractivity contribution in [2.45, 2.75) is 32.7 Å². The fourth-order valence-corrected chi connectivity index (χ4v) is 3.04. The van der Waals surface area contributed by atoms with E-state index >= 15 is 0 Å². The van der Waals surface area contributed by atoms with Gasteiger partial charge in [-0.2, -0.15) is 0 Å². The van der Waals surface area contributed by atoms with Gasteiger partial charge in [0, 0.05) is 11.4 Å². The predicted molar refractivity (Wildman–Crippen MR) is 103 cm³/mol. The third kappa shape index (κ3) is 3.77. The summed E-state index contributed by atoms with van der Waals surface area (Å²) < 4.78 is 0. The summed E-state index contributed by atoms with van der Waals surface area (Å²) in [4.78, 5) is 24.9. The number of amides is 3. The summed E-state index contributed by atoms with van der Waals surface area (Å²) in [5.74, 6) is 0.184. The van der Waals surface area contributed by atoms with E-state index in [2.05, 4.69) is 29.8 Å². The van der Waals surface area contributed by atoms with Crippen LogP contribution in [0.1, 0.15) is 43.9 Å². The quantitative estimate of drug-likeness (QED) is 0.778. The smallest absolute Gasteiger partial charge is 0.319 e. The minimum atomic E-state index is -0.492. The molecule has 0 bridgehead atoms. The molecule has 2 aromatic carbocycles. The number of nitrogens with one attached hydrogen (secondary N) is 3. The van der Waals surface area contributed by atoms with Gasteiger partial charge in [0.2, 0.25) is 0 Å². The monoisotopic (exact) mass is 349 g/mol. The van der Waals surface area contributed by atoms with Crippen molar-refractivity contribution in [3.05, 3.63) is 77.0 Å². The maximum atomic E-state index is 12.9. The molecule has 0 fully saturated rings. The average molecular weight is 349 g/mol. The molecular formula is C21H23N3O2. The Labute approximate surface area is 153 Å². The first kappa shape index (κ1) is 17.7. The summed E-state index contributed by atoms with van der Waals surface area (Å²) in [6, 6.07) is 16.5. The third-order valence-electron chi connectivity index (χ3n) is 4.48. The summed E-state index contributed by atoms with van der Waals surface area (Å²) in [5, 5.41) is 8.45. The van der Waals surface area contributed by atoms with Crippen LogP contribution in [0.2, 0.25) is 0 Å². The molecule has 134 valence electrons. The number of carbonyl (C=O) groups is 2. The van der Waals surface area contributed by atoms with Crippen molar-refractivity contribution in [1.29, 1.82) is 0 Å². The molecule has 3 rings (SSSR count). The van der Waals surface area contributed by atoms with Crippen LogP contribution >= 0.6 is 0 Å². The number of anilines is 1. The number of rotatable bonds is 4. The number of allylic oxidation sites excluding steroid dienone is 1. The molecule has 3 N–H and O–H groups in total. The molecule has 1 unspecified atom stereocenters. The lowest BCUT2D eigenvalue weighted by Gasteiger charge is -2.29. The third-order valence-corrected chi connectivity index (χ3v) is 4.48. The second-order valence-electron chi connectivity index (χ2n) is 6.71. The highest BCUT2D eigenvalue weighted by atomic mass is 16.2. The topological polar surface area (TPSA) is 70.2 Å². The van der Waals surface area contributed by atoms with Crippen molar-refractivity contribution < 1.29 is 9.59 Å². The summed E-state index contributed by atoms with van der Waals surface area (Å²) in [6.45, 7) is 6.00. The van der Waals surface area contributed by atoms with Crippen LogP contribution in [-0.2, 0) is 4.79 Å². The van der Waals surface area contributed by atoms with Crippen molar-refractivity contribution in [2.24, 2.45) is 0 Å². The standard InChI is InChI=1S/C21H23N3O2/c1-13(2)15-9-11-16(12-10-15)19-18(14(3)22-21(26)24-19)20(25)23-17-7-5-4-6-8-17/h4-13,19H,1-3H3,(H,23,25)(H2,22,24,26). The fraction of sp³-hybridized carbons (Fsp3) is 0.238. The van der Waals surface area contributed by atoms with Gasteiger partial charge in [-0.3, -0.25) is 4.79 Å². The number of hydrogen-bond donors (Lipinski definition) is 3. The molecule has 1 aliphatic rings. The van der Waals surface area contributed by atoms with Crippen LogP contribution in [0, 0.1) is 0 Å². The molecule has 5 heteroatoms. The number of carbonyl (C=O) groups excluding carboxylic acids is 2. The Morgan fingerprint density at radius 3 is 2.31 bits per heavy atom. The second-order valence-corrected chi connectivity index (χ2v) is 6.71. The van der Waals surface area contributed by atoms with Crippen LogP contribution in [0.15, 0.2) is 65.9 Å². The highest BCUT2D eigenvalue weighted by Crippen LogP contribution is 2.28. The number of benzene rings is 2. The van der Waals surface area contributed by atoms with E-state index in [0.29, 0.717) is 22.9 Å². The van der Waals surface area contributed by atoms with Gasteiger partial charge in [-0.1, -0.05) is 56.3 Å². The van der Waals surface area contributed by atoms with Gasteiger partial charge in [0.1, 0.15) is 0 Å². The lowest BCUT2D eigenvalue weighted by molar-refractivity contribution is -0.113.